The number of thioether (sulfide) groups is 1. The molecule has 1 aliphatic rings. The van der Waals surface area contributed by atoms with Crippen LogP contribution in [0.3, 0.4) is 0 Å². The summed E-state index contributed by atoms with van der Waals surface area (Å²) in [7, 11) is 1.59. The van der Waals surface area contributed by atoms with Crippen LogP contribution in [0.25, 0.3) is 15.9 Å². The first-order valence-corrected chi connectivity index (χ1v) is 12.4. The molecule has 1 atom stereocenters. The lowest BCUT2D eigenvalue weighted by Crippen LogP contribution is -2.32. The lowest BCUT2D eigenvalue weighted by Gasteiger charge is -2.17. The number of methoxy groups -OCH3 is 1. The molecule has 2 aromatic heterocycles. The summed E-state index contributed by atoms with van der Waals surface area (Å²) in [6.45, 7) is 4.50. The molecule has 31 heavy (non-hydrogen) atoms. The Kier molecular flexibility index (Phi) is 6.67. The predicted molar refractivity (Wildman–Crippen MR) is 127 cm³/mol. The highest BCUT2D eigenvalue weighted by molar-refractivity contribution is 8.00. The van der Waals surface area contributed by atoms with Crippen molar-refractivity contribution < 1.29 is 9.53 Å². The van der Waals surface area contributed by atoms with Crippen molar-refractivity contribution in [3.63, 3.8) is 0 Å². The number of aromatic nitrogens is 2. The Morgan fingerprint density at radius 2 is 2.10 bits per heavy atom. The van der Waals surface area contributed by atoms with Crippen LogP contribution in [-0.2, 0) is 17.6 Å². The number of thiophene rings is 1. The fourth-order valence-corrected chi connectivity index (χ4v) is 6.14. The number of hydrogen-bond donors (Lipinski definition) is 1. The number of carbonyl (C=O) groups excluding carboxylic acids is 1. The first-order valence-electron chi connectivity index (χ1n) is 10.7. The zero-order valence-corrected chi connectivity index (χ0v) is 19.7. The van der Waals surface area contributed by atoms with Crippen molar-refractivity contribution >= 4 is 39.2 Å². The largest absolute Gasteiger partial charge is 0.495 e. The molecule has 0 saturated carbocycles. The maximum absolute atomic E-state index is 13.8. The molecule has 2 heterocycles. The molecule has 1 N–H and O–H groups in total. The molecule has 0 fully saturated rings. The summed E-state index contributed by atoms with van der Waals surface area (Å²) in [5.74, 6) is 0.540. The molecule has 3 aromatic rings. The van der Waals surface area contributed by atoms with Gasteiger partial charge >= 0.3 is 0 Å². The standard InChI is InChI=1S/C23H27N3O3S2/c1-4-13-24-20(27)14(2)30-23-25-21-19(15-9-5-8-12-18(15)31-21)22(28)26(23)16-10-6-7-11-17(16)29-3/h6-7,10-11,14H,4-5,8-9,12-13H2,1-3H3,(H,24,27). The van der Waals surface area contributed by atoms with Crippen LogP contribution in [0.2, 0.25) is 0 Å². The minimum absolute atomic E-state index is 0.0572. The SMILES string of the molecule is CCCNC(=O)C(C)Sc1nc2sc3c(c2c(=O)n1-c1ccccc1OC)CCCC3. The first-order chi connectivity index (χ1) is 15.0. The molecule has 1 aromatic carbocycles. The maximum atomic E-state index is 13.8. The van der Waals surface area contributed by atoms with Crippen molar-refractivity contribution in [1.29, 1.82) is 0 Å². The van der Waals surface area contributed by atoms with Crippen molar-refractivity contribution in [2.45, 2.75) is 56.4 Å². The monoisotopic (exact) mass is 457 g/mol. The van der Waals surface area contributed by atoms with Crippen LogP contribution in [0.5, 0.6) is 5.75 Å². The number of para-hydroxylation sites is 2. The van der Waals surface area contributed by atoms with Gasteiger partial charge in [-0.1, -0.05) is 30.8 Å². The summed E-state index contributed by atoms with van der Waals surface area (Å²) in [5, 5.41) is 3.78. The van der Waals surface area contributed by atoms with E-state index in [2.05, 4.69) is 5.32 Å². The van der Waals surface area contributed by atoms with Crippen molar-refractivity contribution in [3.8, 4) is 11.4 Å². The van der Waals surface area contributed by atoms with E-state index in [1.165, 1.54) is 16.6 Å². The molecule has 0 aliphatic heterocycles. The molecule has 0 spiro atoms. The van der Waals surface area contributed by atoms with E-state index in [1.54, 1.807) is 23.0 Å². The average molecular weight is 458 g/mol. The van der Waals surface area contributed by atoms with Gasteiger partial charge in [0, 0.05) is 11.4 Å². The molecule has 4 rings (SSSR count). The van der Waals surface area contributed by atoms with Crippen LogP contribution >= 0.6 is 23.1 Å². The number of nitrogens with zero attached hydrogens (tertiary/aromatic N) is 2. The minimum Gasteiger partial charge on any atom is -0.495 e. The topological polar surface area (TPSA) is 73.2 Å². The zero-order chi connectivity index (χ0) is 22.0. The van der Waals surface area contributed by atoms with Gasteiger partial charge in [-0.3, -0.25) is 14.2 Å². The van der Waals surface area contributed by atoms with Gasteiger partial charge in [0.25, 0.3) is 5.56 Å². The number of fused-ring (bicyclic) bond motifs is 3. The smallest absolute Gasteiger partial charge is 0.267 e. The number of benzene rings is 1. The van der Waals surface area contributed by atoms with Crippen LogP contribution in [0, 0.1) is 0 Å². The Balaban J connectivity index is 1.89. The second-order valence-electron chi connectivity index (χ2n) is 7.65. The fourth-order valence-electron chi connectivity index (χ4n) is 3.90. The van der Waals surface area contributed by atoms with Gasteiger partial charge < -0.3 is 10.1 Å². The van der Waals surface area contributed by atoms with Crippen molar-refractivity contribution in [1.82, 2.24) is 14.9 Å². The number of carbonyl (C=O) groups is 1. The highest BCUT2D eigenvalue weighted by atomic mass is 32.2. The van der Waals surface area contributed by atoms with Gasteiger partial charge in [0.15, 0.2) is 5.16 Å². The number of amides is 1. The molecule has 0 saturated heterocycles. The second-order valence-corrected chi connectivity index (χ2v) is 10.0. The van der Waals surface area contributed by atoms with Crippen LogP contribution < -0.4 is 15.6 Å². The number of hydrogen-bond acceptors (Lipinski definition) is 6. The normalized spacial score (nSPS) is 14.3. The Morgan fingerprint density at radius 3 is 2.87 bits per heavy atom. The predicted octanol–water partition coefficient (Wildman–Crippen LogP) is 4.34. The molecule has 0 bridgehead atoms. The second kappa shape index (κ2) is 9.44. The molecule has 1 aliphatic carbocycles. The van der Waals surface area contributed by atoms with Gasteiger partial charge in [0.2, 0.25) is 5.91 Å². The van der Waals surface area contributed by atoms with Gasteiger partial charge in [0.05, 0.1) is 23.4 Å². The summed E-state index contributed by atoms with van der Waals surface area (Å²) in [4.78, 5) is 33.3. The van der Waals surface area contributed by atoms with Crippen LogP contribution in [-0.4, -0.2) is 34.4 Å². The van der Waals surface area contributed by atoms with Crippen LogP contribution in [0.4, 0.5) is 0 Å². The highest BCUT2D eigenvalue weighted by Gasteiger charge is 2.25. The molecule has 8 heteroatoms. The van der Waals surface area contributed by atoms with Crippen molar-refractivity contribution in [2.24, 2.45) is 0 Å². The average Bonchev–Trinajstić information content (AvgIpc) is 3.16. The van der Waals surface area contributed by atoms with Gasteiger partial charge in [0.1, 0.15) is 10.6 Å². The van der Waals surface area contributed by atoms with Crippen molar-refractivity contribution in [3.05, 3.63) is 45.1 Å². The van der Waals surface area contributed by atoms with Gasteiger partial charge in [-0.05, 0) is 56.7 Å². The first kappa shape index (κ1) is 21.9. The van der Waals surface area contributed by atoms with E-state index in [0.717, 1.165) is 47.9 Å². The number of nitrogens with one attached hydrogen (secondary N) is 1. The minimum atomic E-state index is -0.383. The highest BCUT2D eigenvalue weighted by Crippen LogP contribution is 2.36. The fraction of sp³-hybridized carbons (Fsp3) is 0.435. The summed E-state index contributed by atoms with van der Waals surface area (Å²) in [6, 6.07) is 7.45. The lowest BCUT2D eigenvalue weighted by molar-refractivity contribution is -0.120. The molecule has 1 amide bonds. The summed E-state index contributed by atoms with van der Waals surface area (Å²) < 4.78 is 7.17. The molecule has 6 nitrogen and oxygen atoms in total. The Bertz CT molecular complexity index is 1170. The van der Waals surface area contributed by atoms with E-state index in [9.17, 15) is 9.59 Å². The third kappa shape index (κ3) is 4.23. The van der Waals surface area contributed by atoms with Crippen molar-refractivity contribution in [2.75, 3.05) is 13.7 Å². The van der Waals surface area contributed by atoms with E-state index >= 15 is 0 Å². The summed E-state index contributed by atoms with van der Waals surface area (Å²) in [5.41, 5.74) is 1.71. The van der Waals surface area contributed by atoms with Gasteiger partial charge in [-0.25, -0.2) is 4.98 Å². The van der Waals surface area contributed by atoms with Gasteiger partial charge in [-0.2, -0.15) is 0 Å². The van der Waals surface area contributed by atoms with E-state index in [-0.39, 0.29) is 16.7 Å². The Labute approximate surface area is 190 Å². The summed E-state index contributed by atoms with van der Waals surface area (Å²) in [6.07, 6.45) is 5.04. The maximum Gasteiger partial charge on any atom is 0.267 e. The van der Waals surface area contributed by atoms with Crippen LogP contribution in [0.1, 0.15) is 43.6 Å². The zero-order valence-electron chi connectivity index (χ0n) is 18.1. The van der Waals surface area contributed by atoms with E-state index in [4.69, 9.17) is 9.72 Å². The molecule has 1 unspecified atom stereocenters. The summed E-state index contributed by atoms with van der Waals surface area (Å²) >= 11 is 2.93. The molecular formula is C23H27N3O3S2. The van der Waals surface area contributed by atoms with Crippen LogP contribution in [0.15, 0.2) is 34.2 Å². The number of ether oxygens (including phenoxy) is 1. The van der Waals surface area contributed by atoms with E-state index < -0.39 is 0 Å². The van der Waals surface area contributed by atoms with E-state index in [0.29, 0.717) is 23.1 Å². The number of aryl methyl sites for hydroxylation is 2. The molecule has 0 radical (unpaired) electrons. The molecule has 164 valence electrons. The van der Waals surface area contributed by atoms with Gasteiger partial charge in [-0.15, -0.1) is 11.3 Å². The number of rotatable bonds is 7. The lowest BCUT2D eigenvalue weighted by atomic mass is 9.97. The third-order valence-corrected chi connectivity index (χ3v) is 7.72. The molecular weight excluding hydrogens is 430 g/mol. The Morgan fingerprint density at radius 1 is 1.32 bits per heavy atom. The Hall–Kier alpha value is -2.32. The van der Waals surface area contributed by atoms with E-state index in [1.807, 2.05) is 38.1 Å². The quantitative estimate of drug-likeness (QED) is 0.422. The third-order valence-electron chi connectivity index (χ3n) is 5.48.